The van der Waals surface area contributed by atoms with Crippen LogP contribution in [0, 0.1) is 5.92 Å². The number of rotatable bonds is 6. The second kappa shape index (κ2) is 7.31. The fraction of sp³-hybridized carbons (Fsp3) is 0.190. The molecule has 4 aromatic heterocycles. The minimum Gasteiger partial charge on any atom is -0.473 e. The summed E-state index contributed by atoms with van der Waals surface area (Å²) in [7, 11) is 0. The maximum absolute atomic E-state index is 12.0. The molecule has 1 saturated carbocycles. The van der Waals surface area contributed by atoms with Gasteiger partial charge in [-0.25, -0.2) is 9.50 Å². The number of ether oxygens (including phenoxy) is 1. The van der Waals surface area contributed by atoms with E-state index in [1.54, 1.807) is 29.3 Å². The van der Waals surface area contributed by atoms with Gasteiger partial charge in [0.25, 0.3) is 0 Å². The molecule has 144 valence electrons. The lowest BCUT2D eigenvalue weighted by Gasteiger charge is -2.07. The van der Waals surface area contributed by atoms with E-state index in [-0.39, 0.29) is 11.8 Å². The van der Waals surface area contributed by atoms with Crippen molar-refractivity contribution in [1.29, 1.82) is 0 Å². The van der Waals surface area contributed by atoms with Gasteiger partial charge in [-0.05, 0) is 42.7 Å². The highest BCUT2D eigenvalue weighted by atomic mass is 16.5. The molecule has 1 amide bonds. The van der Waals surface area contributed by atoms with E-state index in [1.807, 2.05) is 36.4 Å². The predicted octanol–water partition coefficient (Wildman–Crippen LogP) is 3.11. The maximum Gasteiger partial charge on any atom is 0.249 e. The number of aromatic nitrogens is 5. The number of carbonyl (C=O) groups is 1. The number of hydrogen-bond acceptors (Lipinski definition) is 6. The topological polar surface area (TPSA) is 94.3 Å². The Bertz CT molecular complexity index is 1170. The van der Waals surface area contributed by atoms with E-state index in [1.165, 1.54) is 0 Å². The van der Waals surface area contributed by atoms with Gasteiger partial charge >= 0.3 is 0 Å². The molecule has 1 fully saturated rings. The van der Waals surface area contributed by atoms with Crippen LogP contribution >= 0.6 is 0 Å². The van der Waals surface area contributed by atoms with Crippen LogP contribution in [0.25, 0.3) is 16.8 Å². The summed E-state index contributed by atoms with van der Waals surface area (Å²) >= 11 is 0. The molecule has 1 aliphatic carbocycles. The number of carbonyl (C=O) groups excluding carboxylic acids is 1. The Labute approximate surface area is 166 Å². The number of pyridine rings is 3. The Morgan fingerprint density at radius 3 is 2.97 bits per heavy atom. The van der Waals surface area contributed by atoms with E-state index in [0.29, 0.717) is 24.1 Å². The summed E-state index contributed by atoms with van der Waals surface area (Å²) < 4.78 is 7.47. The minimum absolute atomic E-state index is 0.0162. The predicted molar refractivity (Wildman–Crippen MR) is 106 cm³/mol. The number of anilines is 1. The van der Waals surface area contributed by atoms with Crippen LogP contribution in [0.4, 0.5) is 5.95 Å². The van der Waals surface area contributed by atoms with Crippen LogP contribution < -0.4 is 10.1 Å². The van der Waals surface area contributed by atoms with Gasteiger partial charge in [0, 0.05) is 47.9 Å². The van der Waals surface area contributed by atoms with E-state index < -0.39 is 0 Å². The second-order valence-corrected chi connectivity index (χ2v) is 6.92. The molecular formula is C21H18N6O2. The minimum atomic E-state index is -0.0162. The van der Waals surface area contributed by atoms with Crippen molar-refractivity contribution in [2.45, 2.75) is 19.4 Å². The van der Waals surface area contributed by atoms with Gasteiger partial charge in [-0.15, -0.1) is 5.10 Å². The van der Waals surface area contributed by atoms with Crippen molar-refractivity contribution in [1.82, 2.24) is 24.6 Å². The number of fused-ring (bicyclic) bond motifs is 1. The molecule has 8 heteroatoms. The Balaban J connectivity index is 1.41. The Hall–Kier alpha value is -3.81. The van der Waals surface area contributed by atoms with Crippen molar-refractivity contribution in [3.05, 3.63) is 66.7 Å². The first-order valence-electron chi connectivity index (χ1n) is 9.41. The Morgan fingerprint density at radius 1 is 1.21 bits per heavy atom. The summed E-state index contributed by atoms with van der Waals surface area (Å²) in [5.74, 6) is 0.907. The number of amides is 1. The molecule has 0 saturated heterocycles. The average molecular weight is 386 g/mol. The summed E-state index contributed by atoms with van der Waals surface area (Å²) in [6.45, 7) is 0.386. The normalized spacial score (nSPS) is 13.4. The van der Waals surface area contributed by atoms with Gasteiger partial charge in [0.05, 0.1) is 0 Å². The highest BCUT2D eigenvalue weighted by Crippen LogP contribution is 2.30. The summed E-state index contributed by atoms with van der Waals surface area (Å²) in [6, 6.07) is 11.4. The Morgan fingerprint density at radius 2 is 2.14 bits per heavy atom. The summed E-state index contributed by atoms with van der Waals surface area (Å²) in [5.41, 5.74) is 3.40. The van der Waals surface area contributed by atoms with Gasteiger partial charge in [-0.1, -0.05) is 6.07 Å². The molecule has 0 radical (unpaired) electrons. The van der Waals surface area contributed by atoms with Crippen LogP contribution in [0.5, 0.6) is 5.88 Å². The van der Waals surface area contributed by atoms with Gasteiger partial charge in [0.1, 0.15) is 6.61 Å². The first kappa shape index (κ1) is 17.3. The van der Waals surface area contributed by atoms with Gasteiger partial charge < -0.3 is 4.74 Å². The SMILES string of the molecule is O=C(Nc1nc2c(-c3ccnc(OCc4cccnc4)c3)cccn2n1)C1CC1. The summed E-state index contributed by atoms with van der Waals surface area (Å²) in [5, 5.41) is 7.16. The fourth-order valence-corrected chi connectivity index (χ4v) is 3.04. The lowest BCUT2D eigenvalue weighted by atomic mass is 10.1. The standard InChI is InChI=1S/C21H18N6O2/c28-20(15-5-6-15)25-21-24-19-17(4-2-10-27(19)26-21)16-7-9-23-18(11-16)29-13-14-3-1-8-22-12-14/h1-4,7-12,15H,5-6,13H2,(H,25,26,28). The third-order valence-electron chi connectivity index (χ3n) is 4.70. The lowest BCUT2D eigenvalue weighted by Crippen LogP contribution is -2.14. The van der Waals surface area contributed by atoms with Crippen molar-refractivity contribution >= 4 is 17.5 Å². The van der Waals surface area contributed by atoms with E-state index in [4.69, 9.17) is 4.74 Å². The van der Waals surface area contributed by atoms with Gasteiger partial charge in [-0.2, -0.15) is 4.98 Å². The first-order valence-corrected chi connectivity index (χ1v) is 9.41. The van der Waals surface area contributed by atoms with Crippen molar-refractivity contribution in [2.75, 3.05) is 5.32 Å². The third-order valence-corrected chi connectivity index (χ3v) is 4.70. The monoisotopic (exact) mass is 386 g/mol. The molecule has 0 aromatic carbocycles. The molecule has 5 rings (SSSR count). The van der Waals surface area contributed by atoms with Crippen LogP contribution in [0.3, 0.4) is 0 Å². The van der Waals surface area contributed by atoms with Crippen LogP contribution in [0.15, 0.2) is 61.2 Å². The van der Waals surface area contributed by atoms with Crippen LogP contribution in [-0.2, 0) is 11.4 Å². The largest absolute Gasteiger partial charge is 0.473 e. The van der Waals surface area contributed by atoms with Gasteiger partial charge in [0.15, 0.2) is 5.65 Å². The van der Waals surface area contributed by atoms with Crippen molar-refractivity contribution in [3.63, 3.8) is 0 Å². The summed E-state index contributed by atoms with van der Waals surface area (Å²) in [4.78, 5) is 24.9. The van der Waals surface area contributed by atoms with E-state index in [2.05, 4.69) is 25.4 Å². The van der Waals surface area contributed by atoms with Gasteiger partial charge in [0.2, 0.25) is 17.7 Å². The van der Waals surface area contributed by atoms with E-state index in [0.717, 1.165) is 29.5 Å². The molecule has 0 unspecified atom stereocenters. The fourth-order valence-electron chi connectivity index (χ4n) is 3.04. The smallest absolute Gasteiger partial charge is 0.249 e. The first-order chi connectivity index (χ1) is 14.3. The quantitative estimate of drug-likeness (QED) is 0.547. The molecule has 0 spiro atoms. The van der Waals surface area contributed by atoms with Crippen molar-refractivity contribution < 1.29 is 9.53 Å². The zero-order chi connectivity index (χ0) is 19.6. The average Bonchev–Trinajstić information content (AvgIpc) is 3.53. The van der Waals surface area contributed by atoms with Crippen LogP contribution in [0.1, 0.15) is 18.4 Å². The Kier molecular flexibility index (Phi) is 4.36. The van der Waals surface area contributed by atoms with Crippen molar-refractivity contribution in [3.8, 4) is 17.0 Å². The van der Waals surface area contributed by atoms with E-state index in [9.17, 15) is 4.79 Å². The van der Waals surface area contributed by atoms with Gasteiger partial charge in [-0.3, -0.25) is 15.1 Å². The van der Waals surface area contributed by atoms with Crippen LogP contribution in [-0.4, -0.2) is 30.5 Å². The summed E-state index contributed by atoms with van der Waals surface area (Å²) in [6.07, 6.45) is 8.86. The molecule has 4 heterocycles. The highest BCUT2D eigenvalue weighted by molar-refractivity contribution is 5.93. The maximum atomic E-state index is 12.0. The molecule has 0 atom stereocenters. The highest BCUT2D eigenvalue weighted by Gasteiger charge is 2.30. The molecule has 1 aliphatic rings. The zero-order valence-corrected chi connectivity index (χ0v) is 15.5. The molecule has 0 aliphatic heterocycles. The molecular weight excluding hydrogens is 368 g/mol. The molecule has 8 nitrogen and oxygen atoms in total. The van der Waals surface area contributed by atoms with Crippen LogP contribution in [0.2, 0.25) is 0 Å². The molecule has 29 heavy (non-hydrogen) atoms. The third kappa shape index (κ3) is 3.77. The molecule has 0 bridgehead atoms. The van der Waals surface area contributed by atoms with E-state index >= 15 is 0 Å². The zero-order valence-electron chi connectivity index (χ0n) is 15.5. The second-order valence-electron chi connectivity index (χ2n) is 6.92. The molecule has 4 aromatic rings. The molecule has 1 N–H and O–H groups in total. The lowest BCUT2D eigenvalue weighted by molar-refractivity contribution is -0.117. The number of hydrogen-bond donors (Lipinski definition) is 1. The number of nitrogens with one attached hydrogen (secondary N) is 1. The van der Waals surface area contributed by atoms with Crippen molar-refractivity contribution in [2.24, 2.45) is 5.92 Å². The number of nitrogens with zero attached hydrogens (tertiary/aromatic N) is 5.